The van der Waals surface area contributed by atoms with Crippen LogP contribution in [0.15, 0.2) is 42.6 Å². The third-order valence-electron chi connectivity index (χ3n) is 5.37. The summed E-state index contributed by atoms with van der Waals surface area (Å²) in [6.07, 6.45) is 1.79. The molecule has 0 radical (unpaired) electrons. The number of morpholine rings is 1. The second kappa shape index (κ2) is 8.73. The molecule has 8 nitrogen and oxygen atoms in total. The van der Waals surface area contributed by atoms with E-state index in [9.17, 15) is 4.79 Å². The zero-order chi connectivity index (χ0) is 21.1. The first kappa shape index (κ1) is 20.2. The second-order valence-corrected chi connectivity index (χ2v) is 7.68. The van der Waals surface area contributed by atoms with Crippen LogP contribution in [0.5, 0.6) is 0 Å². The fraction of sp³-hybridized carbons (Fsp3) is 0.364. The van der Waals surface area contributed by atoms with Crippen molar-refractivity contribution in [3.63, 3.8) is 0 Å². The van der Waals surface area contributed by atoms with E-state index in [2.05, 4.69) is 15.3 Å². The Kier molecular flexibility index (Phi) is 5.87. The van der Waals surface area contributed by atoms with Gasteiger partial charge in [0.05, 0.1) is 42.0 Å². The number of nitrogens with zero attached hydrogens (tertiary/aromatic N) is 4. The molecule has 1 saturated heterocycles. The predicted molar refractivity (Wildman–Crippen MR) is 119 cm³/mol. The van der Waals surface area contributed by atoms with Crippen molar-refractivity contribution in [3.05, 3.63) is 48.2 Å². The first-order chi connectivity index (χ1) is 14.5. The summed E-state index contributed by atoms with van der Waals surface area (Å²) in [5, 5.41) is 8.49. The van der Waals surface area contributed by atoms with Crippen LogP contribution in [0.3, 0.4) is 0 Å². The van der Waals surface area contributed by atoms with Gasteiger partial charge in [-0.2, -0.15) is 5.10 Å². The molecular formula is C22H28N6O2. The molecular weight excluding hydrogens is 380 g/mol. The van der Waals surface area contributed by atoms with Crippen molar-refractivity contribution in [1.29, 1.82) is 0 Å². The standard InChI is InChI=1S/C22H28N6O2/c1-26(2)21-14-20-17(13-19(21)23)15-25-28(20)18-5-3-4-16(12-18)22(29)24-6-7-27-8-10-30-11-9-27/h3-5,12-15H,6-11,23H2,1-2H3,(H,24,29). The number of amides is 1. The van der Waals surface area contributed by atoms with Gasteiger partial charge >= 0.3 is 0 Å². The number of benzene rings is 2. The number of ether oxygens (including phenoxy) is 1. The highest BCUT2D eigenvalue weighted by Crippen LogP contribution is 2.29. The maximum atomic E-state index is 12.7. The van der Waals surface area contributed by atoms with E-state index in [1.165, 1.54) is 0 Å². The largest absolute Gasteiger partial charge is 0.397 e. The van der Waals surface area contributed by atoms with Gasteiger partial charge in [-0.1, -0.05) is 6.07 Å². The summed E-state index contributed by atoms with van der Waals surface area (Å²) in [5.41, 5.74) is 10.2. The summed E-state index contributed by atoms with van der Waals surface area (Å²) in [6.45, 7) is 4.78. The van der Waals surface area contributed by atoms with E-state index in [0.717, 1.165) is 55.1 Å². The Balaban J connectivity index is 1.51. The Bertz CT molecular complexity index is 1040. The van der Waals surface area contributed by atoms with Gasteiger partial charge in [-0.15, -0.1) is 0 Å². The lowest BCUT2D eigenvalue weighted by Gasteiger charge is -2.26. The van der Waals surface area contributed by atoms with Gasteiger partial charge in [-0.3, -0.25) is 9.69 Å². The summed E-state index contributed by atoms with van der Waals surface area (Å²) >= 11 is 0. The normalized spacial score (nSPS) is 14.7. The molecule has 2 aromatic carbocycles. The molecule has 1 amide bonds. The van der Waals surface area contributed by atoms with Gasteiger partial charge in [-0.05, 0) is 30.3 Å². The van der Waals surface area contributed by atoms with E-state index in [1.54, 1.807) is 6.20 Å². The van der Waals surface area contributed by atoms with Gasteiger partial charge in [-0.25, -0.2) is 4.68 Å². The molecule has 1 aliphatic rings. The average Bonchev–Trinajstić information content (AvgIpc) is 3.16. The summed E-state index contributed by atoms with van der Waals surface area (Å²) in [5.74, 6) is -0.0835. The van der Waals surface area contributed by atoms with Crippen LogP contribution in [0.4, 0.5) is 11.4 Å². The van der Waals surface area contributed by atoms with Crippen molar-refractivity contribution >= 4 is 28.2 Å². The Morgan fingerprint density at radius 3 is 2.80 bits per heavy atom. The smallest absolute Gasteiger partial charge is 0.251 e. The van der Waals surface area contributed by atoms with Crippen LogP contribution >= 0.6 is 0 Å². The molecule has 0 spiro atoms. The maximum absolute atomic E-state index is 12.7. The highest BCUT2D eigenvalue weighted by Gasteiger charge is 2.13. The number of nitrogens with two attached hydrogens (primary N) is 1. The number of aromatic nitrogens is 2. The van der Waals surface area contributed by atoms with Gasteiger partial charge in [0.15, 0.2) is 0 Å². The molecule has 4 rings (SSSR count). The highest BCUT2D eigenvalue weighted by molar-refractivity contribution is 5.95. The minimum Gasteiger partial charge on any atom is -0.397 e. The van der Waals surface area contributed by atoms with Crippen LogP contribution < -0.4 is 16.0 Å². The molecule has 158 valence electrons. The van der Waals surface area contributed by atoms with Crippen molar-refractivity contribution in [2.24, 2.45) is 0 Å². The Morgan fingerprint density at radius 1 is 1.23 bits per heavy atom. The third kappa shape index (κ3) is 4.24. The van der Waals surface area contributed by atoms with E-state index in [0.29, 0.717) is 17.8 Å². The van der Waals surface area contributed by atoms with E-state index in [1.807, 2.05) is 60.1 Å². The Morgan fingerprint density at radius 2 is 2.03 bits per heavy atom. The SMILES string of the molecule is CN(C)c1cc2c(cnn2-c2cccc(C(=O)NCCN3CCOCC3)c2)cc1N. The van der Waals surface area contributed by atoms with E-state index in [4.69, 9.17) is 10.5 Å². The van der Waals surface area contributed by atoms with Gasteiger partial charge in [0, 0.05) is 51.2 Å². The van der Waals surface area contributed by atoms with E-state index in [-0.39, 0.29) is 5.91 Å². The molecule has 0 atom stereocenters. The quantitative estimate of drug-likeness (QED) is 0.604. The summed E-state index contributed by atoms with van der Waals surface area (Å²) in [6, 6.07) is 11.5. The van der Waals surface area contributed by atoms with Gasteiger partial charge in [0.2, 0.25) is 0 Å². The molecule has 1 aliphatic heterocycles. The van der Waals surface area contributed by atoms with E-state index >= 15 is 0 Å². The lowest BCUT2D eigenvalue weighted by molar-refractivity contribution is 0.0383. The molecule has 8 heteroatoms. The molecule has 0 bridgehead atoms. The number of nitrogen functional groups attached to an aromatic ring is 1. The Hall–Kier alpha value is -3.10. The minimum atomic E-state index is -0.0835. The van der Waals surface area contributed by atoms with Crippen LogP contribution in [0, 0.1) is 0 Å². The monoisotopic (exact) mass is 408 g/mol. The first-order valence-electron chi connectivity index (χ1n) is 10.2. The number of fused-ring (bicyclic) bond motifs is 1. The van der Waals surface area contributed by atoms with Crippen molar-refractivity contribution in [1.82, 2.24) is 20.0 Å². The molecule has 0 unspecified atom stereocenters. The number of hydrogen-bond donors (Lipinski definition) is 2. The third-order valence-corrected chi connectivity index (χ3v) is 5.37. The van der Waals surface area contributed by atoms with E-state index < -0.39 is 0 Å². The fourth-order valence-electron chi connectivity index (χ4n) is 3.71. The van der Waals surface area contributed by atoms with Crippen molar-refractivity contribution < 1.29 is 9.53 Å². The number of nitrogens with one attached hydrogen (secondary N) is 1. The second-order valence-electron chi connectivity index (χ2n) is 7.68. The topological polar surface area (TPSA) is 88.7 Å². The highest BCUT2D eigenvalue weighted by atomic mass is 16.5. The van der Waals surface area contributed by atoms with Crippen LogP contribution in [0.1, 0.15) is 10.4 Å². The zero-order valence-electron chi connectivity index (χ0n) is 17.5. The van der Waals surface area contributed by atoms with Crippen LogP contribution in [0.2, 0.25) is 0 Å². The number of carbonyl (C=O) groups is 1. The molecule has 30 heavy (non-hydrogen) atoms. The molecule has 1 aromatic heterocycles. The molecule has 1 fully saturated rings. The summed E-state index contributed by atoms with van der Waals surface area (Å²) < 4.78 is 7.20. The maximum Gasteiger partial charge on any atom is 0.251 e. The molecule has 0 aliphatic carbocycles. The lowest BCUT2D eigenvalue weighted by atomic mass is 10.1. The summed E-state index contributed by atoms with van der Waals surface area (Å²) in [7, 11) is 3.92. The van der Waals surface area contributed by atoms with Crippen LogP contribution in [0.25, 0.3) is 16.6 Å². The number of carbonyl (C=O) groups excluding carboxylic acids is 1. The minimum absolute atomic E-state index is 0.0835. The van der Waals surface area contributed by atoms with Crippen molar-refractivity contribution in [2.45, 2.75) is 0 Å². The number of anilines is 2. The average molecular weight is 409 g/mol. The van der Waals surface area contributed by atoms with Gasteiger partial charge in [0.25, 0.3) is 5.91 Å². The fourth-order valence-corrected chi connectivity index (χ4v) is 3.71. The predicted octanol–water partition coefficient (Wildman–Crippen LogP) is 1.74. The van der Waals surface area contributed by atoms with Crippen molar-refractivity contribution in [3.8, 4) is 5.69 Å². The molecule has 0 saturated carbocycles. The van der Waals surface area contributed by atoms with Crippen LogP contribution in [-0.2, 0) is 4.74 Å². The number of rotatable bonds is 6. The zero-order valence-corrected chi connectivity index (χ0v) is 17.5. The Labute approximate surface area is 176 Å². The molecule has 3 aromatic rings. The van der Waals surface area contributed by atoms with Gasteiger partial charge < -0.3 is 20.7 Å². The molecule has 2 heterocycles. The molecule has 3 N–H and O–H groups in total. The van der Waals surface area contributed by atoms with Crippen molar-refractivity contribution in [2.75, 3.05) is 64.1 Å². The lowest BCUT2D eigenvalue weighted by Crippen LogP contribution is -2.41. The van der Waals surface area contributed by atoms with Gasteiger partial charge in [0.1, 0.15) is 0 Å². The first-order valence-corrected chi connectivity index (χ1v) is 10.2. The van der Waals surface area contributed by atoms with Crippen LogP contribution in [-0.4, -0.2) is 74.1 Å². The number of hydrogen-bond acceptors (Lipinski definition) is 6. The summed E-state index contributed by atoms with van der Waals surface area (Å²) in [4.78, 5) is 16.9.